The molecule has 0 amide bonds. The second-order valence-corrected chi connectivity index (χ2v) is 5.45. The molecule has 1 aliphatic heterocycles. The third kappa shape index (κ3) is 4.81. The Morgan fingerprint density at radius 2 is 2.12 bits per heavy atom. The summed E-state index contributed by atoms with van der Waals surface area (Å²) >= 11 is 0. The van der Waals surface area contributed by atoms with Crippen LogP contribution in [0.2, 0.25) is 0 Å². The first-order valence-corrected chi connectivity index (χ1v) is 6.59. The highest BCUT2D eigenvalue weighted by Gasteiger charge is 2.24. The summed E-state index contributed by atoms with van der Waals surface area (Å²) in [6.45, 7) is 11.2. The standard InChI is InChI=1S/C13H28N2O/c1-11(2)9-15-7-5-6-13(15)8-14-12(3)10-16-4/h11-14H,5-10H2,1-4H3/t12?,13-/m0/s1. The van der Waals surface area contributed by atoms with Gasteiger partial charge in [0, 0.05) is 32.3 Å². The molecular formula is C13H28N2O. The largest absolute Gasteiger partial charge is 0.383 e. The third-order valence-electron chi connectivity index (χ3n) is 3.22. The molecule has 0 bridgehead atoms. The van der Waals surface area contributed by atoms with Crippen molar-refractivity contribution in [1.29, 1.82) is 0 Å². The highest BCUT2D eigenvalue weighted by Crippen LogP contribution is 2.17. The molecule has 2 atom stereocenters. The second-order valence-electron chi connectivity index (χ2n) is 5.45. The van der Waals surface area contributed by atoms with Crippen LogP contribution in [0.5, 0.6) is 0 Å². The molecule has 1 rings (SSSR count). The van der Waals surface area contributed by atoms with E-state index in [0.29, 0.717) is 6.04 Å². The van der Waals surface area contributed by atoms with Crippen LogP contribution in [-0.4, -0.2) is 50.3 Å². The normalized spacial score (nSPS) is 24.2. The maximum absolute atomic E-state index is 5.13. The van der Waals surface area contributed by atoms with E-state index in [1.165, 1.54) is 25.9 Å². The van der Waals surface area contributed by atoms with E-state index in [-0.39, 0.29) is 0 Å². The third-order valence-corrected chi connectivity index (χ3v) is 3.22. The van der Waals surface area contributed by atoms with Crippen LogP contribution in [-0.2, 0) is 4.74 Å². The van der Waals surface area contributed by atoms with Gasteiger partial charge in [-0.15, -0.1) is 0 Å². The van der Waals surface area contributed by atoms with E-state index in [1.54, 1.807) is 7.11 Å². The van der Waals surface area contributed by atoms with Gasteiger partial charge in [-0.2, -0.15) is 0 Å². The van der Waals surface area contributed by atoms with E-state index in [2.05, 4.69) is 31.0 Å². The Balaban J connectivity index is 2.24. The summed E-state index contributed by atoms with van der Waals surface area (Å²) in [5.41, 5.74) is 0. The predicted octanol–water partition coefficient (Wildman–Crippen LogP) is 1.73. The van der Waals surface area contributed by atoms with E-state index in [0.717, 1.165) is 25.1 Å². The first kappa shape index (κ1) is 13.9. The Bertz CT molecular complexity index is 185. The van der Waals surface area contributed by atoms with Crippen LogP contribution in [0.4, 0.5) is 0 Å². The van der Waals surface area contributed by atoms with Gasteiger partial charge in [-0.3, -0.25) is 4.90 Å². The van der Waals surface area contributed by atoms with Crippen molar-refractivity contribution in [3.8, 4) is 0 Å². The van der Waals surface area contributed by atoms with Gasteiger partial charge >= 0.3 is 0 Å². The number of nitrogens with one attached hydrogen (secondary N) is 1. The summed E-state index contributed by atoms with van der Waals surface area (Å²) < 4.78 is 5.13. The molecule has 16 heavy (non-hydrogen) atoms. The average Bonchev–Trinajstić information content (AvgIpc) is 2.62. The van der Waals surface area contributed by atoms with Crippen LogP contribution in [0.25, 0.3) is 0 Å². The monoisotopic (exact) mass is 228 g/mol. The molecule has 1 N–H and O–H groups in total. The van der Waals surface area contributed by atoms with Crippen molar-refractivity contribution in [3.05, 3.63) is 0 Å². The summed E-state index contributed by atoms with van der Waals surface area (Å²) in [4.78, 5) is 2.64. The van der Waals surface area contributed by atoms with Gasteiger partial charge in [-0.1, -0.05) is 13.8 Å². The van der Waals surface area contributed by atoms with Gasteiger partial charge in [0.15, 0.2) is 0 Å². The number of hydrogen-bond acceptors (Lipinski definition) is 3. The first-order chi connectivity index (χ1) is 7.63. The van der Waals surface area contributed by atoms with Gasteiger partial charge in [0.25, 0.3) is 0 Å². The molecule has 1 unspecified atom stereocenters. The van der Waals surface area contributed by atoms with Crippen LogP contribution in [0, 0.1) is 5.92 Å². The Morgan fingerprint density at radius 1 is 1.38 bits per heavy atom. The Hall–Kier alpha value is -0.120. The summed E-state index contributed by atoms with van der Waals surface area (Å²) in [5, 5.41) is 3.56. The van der Waals surface area contributed by atoms with Gasteiger partial charge < -0.3 is 10.1 Å². The topological polar surface area (TPSA) is 24.5 Å². The molecule has 0 spiro atoms. The van der Waals surface area contributed by atoms with Crippen LogP contribution in [0.3, 0.4) is 0 Å². The fourth-order valence-corrected chi connectivity index (χ4v) is 2.48. The second kappa shape index (κ2) is 7.25. The molecular weight excluding hydrogens is 200 g/mol. The minimum Gasteiger partial charge on any atom is -0.383 e. The molecule has 0 aromatic carbocycles. The van der Waals surface area contributed by atoms with E-state index >= 15 is 0 Å². The van der Waals surface area contributed by atoms with Crippen molar-refractivity contribution >= 4 is 0 Å². The molecule has 0 saturated carbocycles. The van der Waals surface area contributed by atoms with E-state index in [1.807, 2.05) is 0 Å². The molecule has 1 saturated heterocycles. The lowest BCUT2D eigenvalue weighted by Crippen LogP contribution is -2.43. The minimum absolute atomic E-state index is 0.464. The quantitative estimate of drug-likeness (QED) is 0.718. The van der Waals surface area contributed by atoms with E-state index in [4.69, 9.17) is 4.74 Å². The molecule has 3 heteroatoms. The smallest absolute Gasteiger partial charge is 0.0613 e. The SMILES string of the molecule is COCC(C)NC[C@@H]1CCCN1CC(C)C. The lowest BCUT2D eigenvalue weighted by molar-refractivity contribution is 0.162. The highest BCUT2D eigenvalue weighted by atomic mass is 16.5. The van der Waals surface area contributed by atoms with Gasteiger partial charge in [-0.25, -0.2) is 0 Å². The van der Waals surface area contributed by atoms with Crippen LogP contribution in [0.15, 0.2) is 0 Å². The van der Waals surface area contributed by atoms with E-state index in [9.17, 15) is 0 Å². The fraction of sp³-hybridized carbons (Fsp3) is 1.00. The molecule has 3 nitrogen and oxygen atoms in total. The highest BCUT2D eigenvalue weighted by molar-refractivity contribution is 4.82. The summed E-state index contributed by atoms with van der Waals surface area (Å²) in [5.74, 6) is 0.775. The average molecular weight is 228 g/mol. The number of likely N-dealkylation sites (tertiary alicyclic amines) is 1. The lowest BCUT2D eigenvalue weighted by Gasteiger charge is -2.27. The molecule has 0 radical (unpaired) electrons. The summed E-state index contributed by atoms with van der Waals surface area (Å²) in [7, 11) is 1.76. The van der Waals surface area contributed by atoms with Gasteiger partial charge in [0.1, 0.15) is 0 Å². The van der Waals surface area contributed by atoms with Crippen molar-refractivity contribution in [2.75, 3.05) is 33.4 Å². The van der Waals surface area contributed by atoms with Gasteiger partial charge in [-0.05, 0) is 32.2 Å². The molecule has 96 valence electrons. The molecule has 1 fully saturated rings. The number of ether oxygens (including phenoxy) is 1. The van der Waals surface area contributed by atoms with Crippen molar-refractivity contribution in [1.82, 2.24) is 10.2 Å². The number of hydrogen-bond donors (Lipinski definition) is 1. The zero-order chi connectivity index (χ0) is 12.0. The molecule has 0 aromatic rings. The van der Waals surface area contributed by atoms with Crippen molar-refractivity contribution in [2.24, 2.45) is 5.92 Å². The molecule has 1 heterocycles. The summed E-state index contributed by atoms with van der Waals surface area (Å²) in [6.07, 6.45) is 2.71. The zero-order valence-electron chi connectivity index (χ0n) is 11.3. The summed E-state index contributed by atoms with van der Waals surface area (Å²) in [6, 6.07) is 1.20. The molecule has 0 aliphatic carbocycles. The first-order valence-electron chi connectivity index (χ1n) is 6.59. The van der Waals surface area contributed by atoms with Crippen molar-refractivity contribution in [2.45, 2.75) is 45.7 Å². The Kier molecular flexibility index (Phi) is 6.32. The number of nitrogens with zero attached hydrogens (tertiary/aromatic N) is 1. The van der Waals surface area contributed by atoms with Crippen LogP contribution in [0.1, 0.15) is 33.6 Å². The minimum atomic E-state index is 0.464. The van der Waals surface area contributed by atoms with Crippen LogP contribution < -0.4 is 5.32 Å². The zero-order valence-corrected chi connectivity index (χ0v) is 11.3. The molecule has 0 aromatic heterocycles. The van der Waals surface area contributed by atoms with Gasteiger partial charge in [0.05, 0.1) is 6.61 Å². The Morgan fingerprint density at radius 3 is 2.75 bits per heavy atom. The fourth-order valence-electron chi connectivity index (χ4n) is 2.48. The predicted molar refractivity (Wildman–Crippen MR) is 68.8 cm³/mol. The number of rotatable bonds is 7. The number of methoxy groups -OCH3 is 1. The van der Waals surface area contributed by atoms with Crippen molar-refractivity contribution < 1.29 is 4.74 Å². The Labute approximate surface area is 101 Å². The maximum atomic E-state index is 5.13. The van der Waals surface area contributed by atoms with Gasteiger partial charge in [0.2, 0.25) is 0 Å². The maximum Gasteiger partial charge on any atom is 0.0613 e. The van der Waals surface area contributed by atoms with Crippen molar-refractivity contribution in [3.63, 3.8) is 0 Å². The van der Waals surface area contributed by atoms with E-state index < -0.39 is 0 Å². The van der Waals surface area contributed by atoms with Crippen LogP contribution >= 0.6 is 0 Å². The molecule has 1 aliphatic rings. The lowest BCUT2D eigenvalue weighted by atomic mass is 10.1.